The average molecular weight is 2140 g/mol. The van der Waals surface area contributed by atoms with Crippen LogP contribution in [0.5, 0.6) is 23.0 Å². The maximum Gasteiger partial charge on any atom is 0.314 e. The van der Waals surface area contributed by atoms with E-state index in [0.717, 1.165) is 105 Å². The number of ether oxygens (including phenoxy) is 4. The lowest BCUT2D eigenvalue weighted by atomic mass is 9.77. The van der Waals surface area contributed by atoms with Gasteiger partial charge in [0.1, 0.15) is 68.6 Å². The number of likely N-dealkylation sites (N-methyl/N-ethyl adjacent to an activating group) is 4. The Kier molecular flexibility index (Phi) is 32.0. The van der Waals surface area contributed by atoms with E-state index in [0.29, 0.717) is 75.4 Å². The Balaban J connectivity index is 0.000000152. The molecule has 28 nitrogen and oxygen atoms in total. The van der Waals surface area contributed by atoms with Crippen LogP contribution in [0.3, 0.4) is 0 Å². The van der Waals surface area contributed by atoms with Gasteiger partial charge in [-0.2, -0.15) is 0 Å². The molecule has 12 aromatic rings. The van der Waals surface area contributed by atoms with Crippen molar-refractivity contribution in [2.24, 2.45) is 0 Å². The molecule has 4 atom stereocenters. The van der Waals surface area contributed by atoms with E-state index >= 15 is 0 Å². The quantitative estimate of drug-likeness (QED) is 0.0384. The molecule has 7 amide bonds. The highest BCUT2D eigenvalue weighted by Crippen LogP contribution is 2.50. The number of nitrogen functional groups attached to an aromatic ring is 2. The van der Waals surface area contributed by atoms with E-state index in [2.05, 4.69) is 111 Å². The largest absolute Gasteiger partial charge is 0.497 e. The molecule has 1 unspecified atom stereocenters. The van der Waals surface area contributed by atoms with Crippen LogP contribution in [0.2, 0.25) is 5.15 Å². The summed E-state index contributed by atoms with van der Waals surface area (Å²) in [7, 11) is 13.6. The molecule has 0 radical (unpaired) electrons. The third-order valence-electron chi connectivity index (χ3n) is 29.7. The zero-order valence-electron chi connectivity index (χ0n) is 87.5. The number of nitrogens with one attached hydrogen (secondary N) is 1. The zero-order valence-corrected chi connectivity index (χ0v) is 89.9. The number of rotatable bonds is 19. The monoisotopic (exact) mass is 2140 g/mol. The van der Waals surface area contributed by atoms with Crippen LogP contribution in [-0.4, -0.2) is 185 Å². The van der Waals surface area contributed by atoms with Crippen LogP contribution < -0.4 is 35.7 Å². The third kappa shape index (κ3) is 22.1. The van der Waals surface area contributed by atoms with Gasteiger partial charge in [-0.3, -0.25) is 38.4 Å². The minimum atomic E-state index is -0.810. The number of nitrogens with two attached hydrogens (primary N) is 2. The van der Waals surface area contributed by atoms with E-state index in [-0.39, 0.29) is 160 Å². The Morgan fingerprint density at radius 1 is 0.387 bits per heavy atom. The molecule has 0 aliphatic carbocycles. The van der Waals surface area contributed by atoms with E-state index in [1.807, 2.05) is 169 Å². The Hall–Kier alpha value is -14.9. The van der Waals surface area contributed by atoms with Gasteiger partial charge in [0.05, 0.1) is 139 Å². The number of carbonyl (C=O) groups is 8. The summed E-state index contributed by atoms with van der Waals surface area (Å²) in [6.07, 6.45) is 3.53. The van der Waals surface area contributed by atoms with Gasteiger partial charge < -0.3 is 69.0 Å². The van der Waals surface area contributed by atoms with Gasteiger partial charge in [-0.05, 0) is 227 Å². The van der Waals surface area contributed by atoms with Crippen LogP contribution >= 0.6 is 27.9 Å². The van der Waals surface area contributed by atoms with Gasteiger partial charge in [0.25, 0.3) is 17.7 Å². The highest BCUT2D eigenvalue weighted by molar-refractivity contribution is 9.06. The normalized spacial score (nSPS) is 19.6. The van der Waals surface area contributed by atoms with Crippen LogP contribution in [-0.2, 0) is 95.0 Å². The highest BCUT2D eigenvalue weighted by Gasteiger charge is 2.56. The van der Waals surface area contributed by atoms with Crippen molar-refractivity contribution in [2.75, 3.05) is 68.1 Å². The molecule has 150 heavy (non-hydrogen) atoms. The van der Waals surface area contributed by atoms with Crippen LogP contribution in [0.1, 0.15) is 220 Å². The predicted molar refractivity (Wildman–Crippen MR) is 561 cm³/mol. The number of likely N-dealkylation sites (tertiary alicyclic amines) is 4. The van der Waals surface area contributed by atoms with Gasteiger partial charge in [0, 0.05) is 105 Å². The molecule has 0 saturated carbocycles. The van der Waals surface area contributed by atoms with Crippen molar-refractivity contribution in [1.29, 1.82) is 0 Å². The molecule has 0 bridgehead atoms. The second-order valence-electron chi connectivity index (χ2n) is 41.7. The smallest absolute Gasteiger partial charge is 0.314 e. The summed E-state index contributed by atoms with van der Waals surface area (Å²) in [5.74, 6) is -3.53. The topological polar surface area (TPSA) is 344 Å². The van der Waals surface area contributed by atoms with E-state index in [4.69, 9.17) is 42.0 Å². The van der Waals surface area contributed by atoms with Gasteiger partial charge >= 0.3 is 5.97 Å². The van der Waals surface area contributed by atoms with Crippen molar-refractivity contribution in [2.45, 2.75) is 205 Å². The lowest BCUT2D eigenvalue weighted by Gasteiger charge is -2.27. The number of benzene rings is 9. The molecular weight excluding hydrogens is 2020 g/mol. The summed E-state index contributed by atoms with van der Waals surface area (Å²) in [6, 6.07) is 51.9. The van der Waals surface area contributed by atoms with Gasteiger partial charge in [-0.15, -0.1) is 0 Å². The van der Waals surface area contributed by atoms with E-state index in [1.54, 1.807) is 66.4 Å². The number of halogens is 8. The molecule has 3 aromatic heterocycles. The molecule has 9 aromatic carbocycles. The zero-order chi connectivity index (χ0) is 109. The lowest BCUT2D eigenvalue weighted by Crippen LogP contribution is -2.38. The number of nitrogens with zero attached hydrogens (tertiary/aromatic N) is 12. The number of hydrogen-bond donors (Lipinski definition) is 3. The molecule has 786 valence electrons. The number of hydrogen-bond acceptors (Lipinski definition) is 21. The van der Waals surface area contributed by atoms with Crippen LogP contribution in [0.15, 0.2) is 188 Å². The summed E-state index contributed by atoms with van der Waals surface area (Å²) >= 11 is 8.67. The number of amides is 7. The maximum atomic E-state index is 14.9. The standard InChI is InChI=1S/C36H36F2N4O4.C27H26F2N4O2.C21H16ClF2N3O3.2C14H20N2O.C2H3BrO2/c1-35(2)20-36(3,34(44)41(35)4)23-13-10-21(11-14-23)16-27-31-28(40-32(39-27)30-25(37)8-7-9-26(30)38)19-42(33(31)43)18-22-12-15-24(45-5)17-29(22)46-6;1-26(2)14-27(3,25(35)33(26)4)16-10-8-15(9-11-16)12-19-22-20(13-30-24(22)34)32-23(31-19)21-17(28)6-5-7-18(21)29;1-29-12-7-6-11(16(8-12)30-2)9-27-10-15-18(21(27)28)19(22)26-20(25-15)17-13(23)4-3-5-14(17)24;2*1-13(2)9-14(3,12(17)16(13)4)10-5-7-11(15)8-6-10;1-2(4)5-3/h7-15,17H,16,18-20H2,1-6H3;5-11H,12-14H2,1-4H3,(H,30,34);3-8H,9-10H2,1-2H3;2*5-8H,9,15H2,1-4H3;1H3/t36-;27-;;14-;;/m00.0../s1. The second kappa shape index (κ2) is 43.4. The fourth-order valence-corrected chi connectivity index (χ4v) is 21.2. The molecule has 19 rings (SSSR count). The van der Waals surface area contributed by atoms with Crippen molar-refractivity contribution in [3.05, 3.63) is 318 Å². The van der Waals surface area contributed by atoms with Crippen LogP contribution in [0, 0.1) is 34.9 Å². The van der Waals surface area contributed by atoms with Gasteiger partial charge in [-0.25, -0.2) is 56.2 Å². The first-order valence-corrected chi connectivity index (χ1v) is 49.4. The average Bonchev–Trinajstić information content (AvgIpc) is 1.60. The molecule has 4 fully saturated rings. The number of carbonyl (C=O) groups excluding carboxylic acids is 8. The van der Waals surface area contributed by atoms with Crippen molar-refractivity contribution in [3.8, 4) is 57.2 Å². The molecule has 4 saturated heterocycles. The summed E-state index contributed by atoms with van der Waals surface area (Å²) < 4.78 is 112. The van der Waals surface area contributed by atoms with Crippen molar-refractivity contribution < 1.29 is 87.5 Å². The SMILES string of the molecule is CC(=O)OBr.CN1C(=O)C(C)(c2ccc(N)cc2)CC1(C)C.CN1C(=O)[C@](C)(c2ccc(Cc3nc(-c4c(F)cccc4F)nc4c3C(=O)NC4)cc2)CC1(C)C.CN1C(=O)[C@](C)(c2ccc(N)cc2)CC1(C)C.COc1ccc(CN2Cc3nc(-c4c(F)cccc4F)nc(Cc4ccc([C@]5(C)CC(C)(C)N(C)C5=O)cc4)c3C2=O)c(OC)c1.COc1ccc(CN2Cc3nc(-c4c(F)cccc4F)nc(Cl)c3C2=O)c(OC)c1. The molecule has 5 N–H and O–H groups in total. The summed E-state index contributed by atoms with van der Waals surface area (Å²) in [5.41, 5.74) is 18.8. The number of aromatic nitrogens is 6. The Morgan fingerprint density at radius 3 is 0.967 bits per heavy atom. The van der Waals surface area contributed by atoms with Gasteiger partial charge in [0.2, 0.25) is 23.6 Å². The first kappa shape index (κ1) is 111. The van der Waals surface area contributed by atoms with Crippen LogP contribution in [0.4, 0.5) is 37.7 Å². The molecule has 36 heteroatoms. The van der Waals surface area contributed by atoms with Crippen LogP contribution in [0.25, 0.3) is 34.2 Å². The Morgan fingerprint density at radius 2 is 0.673 bits per heavy atom. The molecular formula is C114H121BrClF6N15O13. The minimum absolute atomic E-state index is 0.0644. The van der Waals surface area contributed by atoms with Gasteiger partial charge in [-0.1, -0.05) is 103 Å². The van der Waals surface area contributed by atoms with E-state index in [1.165, 1.54) is 37.1 Å². The highest BCUT2D eigenvalue weighted by atomic mass is 79.9. The Labute approximate surface area is 881 Å². The third-order valence-corrected chi connectivity index (χ3v) is 30.4. The van der Waals surface area contributed by atoms with Crippen molar-refractivity contribution in [1.82, 2.24) is 64.6 Å². The molecule has 10 heterocycles. The summed E-state index contributed by atoms with van der Waals surface area (Å²) in [5, 5.41) is 2.57. The van der Waals surface area contributed by atoms with Crippen molar-refractivity contribution >= 4 is 86.6 Å². The number of fused-ring (bicyclic) bond motifs is 3. The summed E-state index contributed by atoms with van der Waals surface area (Å²) in [4.78, 5) is 136. The molecule has 0 spiro atoms. The van der Waals surface area contributed by atoms with E-state index in [9.17, 15) is 64.7 Å². The number of methoxy groups -OCH3 is 4. The van der Waals surface area contributed by atoms with Gasteiger partial charge in [0.15, 0.2) is 33.7 Å². The first-order chi connectivity index (χ1) is 70.6. The second-order valence-corrected chi connectivity index (χ2v) is 42.4. The maximum absolute atomic E-state index is 14.9. The lowest BCUT2D eigenvalue weighted by molar-refractivity contribution is -0.133. The Bertz CT molecular complexity index is 7130. The molecule has 7 aliphatic rings. The molecule has 7 aliphatic heterocycles. The van der Waals surface area contributed by atoms with E-state index < -0.39 is 56.6 Å². The first-order valence-electron chi connectivity index (χ1n) is 48.4. The predicted octanol–water partition coefficient (Wildman–Crippen LogP) is 19.7. The summed E-state index contributed by atoms with van der Waals surface area (Å²) in [6.45, 7) is 26.8. The minimum Gasteiger partial charge on any atom is -0.497 e. The fraction of sp³-hybridized carbons (Fsp3) is 0.351. The number of anilines is 2. The van der Waals surface area contributed by atoms with Crippen molar-refractivity contribution in [3.63, 3.8) is 0 Å². The fourth-order valence-electron chi connectivity index (χ4n) is 20.9.